The molecule has 1 N–H and O–H groups in total. The number of hydrazone groups is 1. The second-order valence-electron chi connectivity index (χ2n) is 3.38. The van der Waals surface area contributed by atoms with Crippen LogP contribution in [0.4, 0.5) is 0 Å². The Balaban J connectivity index is 2.04. The normalized spacial score (nSPS) is 10.8. The molecule has 0 aliphatic carbocycles. The fourth-order valence-electron chi connectivity index (χ4n) is 1.25. The van der Waals surface area contributed by atoms with Crippen molar-refractivity contribution in [2.45, 2.75) is 0 Å². The fourth-order valence-corrected chi connectivity index (χ4v) is 2.35. The van der Waals surface area contributed by atoms with Gasteiger partial charge in [-0.05, 0) is 35.0 Å². The Bertz CT molecular complexity index is 582. The minimum Gasteiger partial charge on any atom is -0.267 e. The van der Waals surface area contributed by atoms with Crippen molar-refractivity contribution in [2.24, 2.45) is 5.10 Å². The van der Waals surface area contributed by atoms with Crippen molar-refractivity contribution in [2.75, 3.05) is 0 Å². The molecule has 92 valence electrons. The van der Waals surface area contributed by atoms with Gasteiger partial charge in [-0.1, -0.05) is 23.2 Å². The summed E-state index contributed by atoms with van der Waals surface area (Å²) in [5.74, 6) is -0.372. The van der Waals surface area contributed by atoms with Crippen molar-refractivity contribution in [1.82, 2.24) is 5.43 Å². The lowest BCUT2D eigenvalue weighted by Gasteiger charge is -2.02. The summed E-state index contributed by atoms with van der Waals surface area (Å²) < 4.78 is 0. The number of carbonyl (C=O) groups excluding carboxylic acids is 1. The number of rotatable bonds is 3. The van der Waals surface area contributed by atoms with Crippen LogP contribution in [0.1, 0.15) is 15.9 Å². The molecule has 1 amide bonds. The Morgan fingerprint density at radius 1 is 1.33 bits per heavy atom. The van der Waals surface area contributed by atoms with E-state index in [1.807, 2.05) is 16.8 Å². The van der Waals surface area contributed by atoms with Gasteiger partial charge in [0.2, 0.25) is 0 Å². The van der Waals surface area contributed by atoms with Crippen LogP contribution in [-0.2, 0) is 0 Å². The van der Waals surface area contributed by atoms with E-state index < -0.39 is 0 Å². The van der Waals surface area contributed by atoms with Crippen LogP contribution in [0.3, 0.4) is 0 Å². The molecule has 0 aliphatic heterocycles. The van der Waals surface area contributed by atoms with Crippen molar-refractivity contribution in [3.63, 3.8) is 0 Å². The van der Waals surface area contributed by atoms with Gasteiger partial charge in [0.05, 0.1) is 16.8 Å². The summed E-state index contributed by atoms with van der Waals surface area (Å²) >= 11 is 13.2. The summed E-state index contributed by atoms with van der Waals surface area (Å²) in [6, 6.07) is 6.57. The Hall–Kier alpha value is -1.36. The number of amides is 1. The van der Waals surface area contributed by atoms with Gasteiger partial charge in [0, 0.05) is 10.6 Å². The predicted molar refractivity (Wildman–Crippen MR) is 75.8 cm³/mol. The first-order valence-electron chi connectivity index (χ1n) is 4.97. The maximum absolute atomic E-state index is 11.8. The standard InChI is InChI=1S/C12H8Cl2N2OS/c13-9-1-2-10(11(14)5-9)12(17)16-15-6-8-3-4-18-7-8/h1-7H,(H,16,17). The second-order valence-corrected chi connectivity index (χ2v) is 5.00. The first-order chi connectivity index (χ1) is 8.66. The van der Waals surface area contributed by atoms with E-state index in [0.717, 1.165) is 5.56 Å². The van der Waals surface area contributed by atoms with Crippen LogP contribution in [0, 0.1) is 0 Å². The van der Waals surface area contributed by atoms with E-state index in [1.54, 1.807) is 29.7 Å². The number of nitrogens with one attached hydrogen (secondary N) is 1. The molecule has 0 atom stereocenters. The molecule has 0 saturated heterocycles. The van der Waals surface area contributed by atoms with E-state index in [2.05, 4.69) is 10.5 Å². The van der Waals surface area contributed by atoms with Crippen LogP contribution in [0.5, 0.6) is 0 Å². The van der Waals surface area contributed by atoms with Gasteiger partial charge in [-0.15, -0.1) is 0 Å². The van der Waals surface area contributed by atoms with Crippen LogP contribution < -0.4 is 5.43 Å². The number of hydrogen-bond acceptors (Lipinski definition) is 3. The van der Waals surface area contributed by atoms with Gasteiger partial charge in [-0.25, -0.2) is 5.43 Å². The molecule has 0 fully saturated rings. The molecule has 3 nitrogen and oxygen atoms in total. The van der Waals surface area contributed by atoms with E-state index in [0.29, 0.717) is 15.6 Å². The lowest BCUT2D eigenvalue weighted by Crippen LogP contribution is -2.17. The van der Waals surface area contributed by atoms with E-state index in [1.165, 1.54) is 6.07 Å². The number of thiophene rings is 1. The quantitative estimate of drug-likeness (QED) is 0.679. The number of hydrogen-bond donors (Lipinski definition) is 1. The zero-order valence-corrected chi connectivity index (χ0v) is 11.4. The van der Waals surface area contributed by atoms with Crippen LogP contribution in [0.25, 0.3) is 0 Å². The highest BCUT2D eigenvalue weighted by atomic mass is 35.5. The van der Waals surface area contributed by atoms with Crippen LogP contribution in [-0.4, -0.2) is 12.1 Å². The molecule has 0 bridgehead atoms. The lowest BCUT2D eigenvalue weighted by molar-refractivity contribution is 0.0955. The molecule has 6 heteroatoms. The van der Waals surface area contributed by atoms with Gasteiger partial charge in [0.25, 0.3) is 5.91 Å². The SMILES string of the molecule is O=C(NN=Cc1ccsc1)c1ccc(Cl)cc1Cl. The number of halogens is 2. The van der Waals surface area contributed by atoms with Crippen molar-refractivity contribution >= 4 is 46.7 Å². The minimum absolute atomic E-state index is 0.297. The second kappa shape index (κ2) is 6.00. The van der Waals surface area contributed by atoms with Gasteiger partial charge in [-0.2, -0.15) is 16.4 Å². The van der Waals surface area contributed by atoms with Gasteiger partial charge in [-0.3, -0.25) is 4.79 Å². The summed E-state index contributed by atoms with van der Waals surface area (Å²) in [6.07, 6.45) is 1.57. The highest BCUT2D eigenvalue weighted by Crippen LogP contribution is 2.20. The zero-order chi connectivity index (χ0) is 13.0. The predicted octanol–water partition coefficient (Wildman–Crippen LogP) is 3.82. The average Bonchev–Trinajstić information content (AvgIpc) is 2.81. The first-order valence-corrected chi connectivity index (χ1v) is 6.67. The lowest BCUT2D eigenvalue weighted by atomic mass is 10.2. The average molecular weight is 299 g/mol. The fraction of sp³-hybridized carbons (Fsp3) is 0. The Morgan fingerprint density at radius 2 is 2.17 bits per heavy atom. The Morgan fingerprint density at radius 3 is 2.83 bits per heavy atom. The first kappa shape index (κ1) is 13.1. The summed E-state index contributed by atoms with van der Waals surface area (Å²) in [4.78, 5) is 11.8. The molecule has 0 saturated carbocycles. The van der Waals surface area contributed by atoms with Crippen molar-refractivity contribution in [3.05, 3.63) is 56.2 Å². The number of nitrogens with zero attached hydrogens (tertiary/aromatic N) is 1. The van der Waals surface area contributed by atoms with Crippen molar-refractivity contribution < 1.29 is 4.79 Å². The Kier molecular flexibility index (Phi) is 4.36. The molecule has 0 spiro atoms. The third-order valence-corrected chi connectivity index (χ3v) is 3.35. The number of benzene rings is 1. The van der Waals surface area contributed by atoms with E-state index in [4.69, 9.17) is 23.2 Å². The third-order valence-electron chi connectivity index (χ3n) is 2.10. The highest BCUT2D eigenvalue weighted by Gasteiger charge is 2.09. The molecular weight excluding hydrogens is 291 g/mol. The van der Waals surface area contributed by atoms with E-state index in [-0.39, 0.29) is 5.91 Å². The van der Waals surface area contributed by atoms with Crippen LogP contribution in [0.15, 0.2) is 40.1 Å². The molecule has 1 aromatic carbocycles. The summed E-state index contributed by atoms with van der Waals surface area (Å²) in [7, 11) is 0. The number of carbonyl (C=O) groups is 1. The molecule has 0 unspecified atom stereocenters. The molecule has 2 aromatic rings. The molecule has 2 rings (SSSR count). The largest absolute Gasteiger partial charge is 0.272 e. The van der Waals surface area contributed by atoms with Gasteiger partial charge in [0.15, 0.2) is 0 Å². The van der Waals surface area contributed by atoms with Gasteiger partial charge >= 0.3 is 0 Å². The van der Waals surface area contributed by atoms with Crippen molar-refractivity contribution in [3.8, 4) is 0 Å². The molecule has 1 aromatic heterocycles. The minimum atomic E-state index is -0.372. The third kappa shape index (κ3) is 3.32. The Labute approximate surface area is 118 Å². The monoisotopic (exact) mass is 298 g/mol. The maximum Gasteiger partial charge on any atom is 0.272 e. The van der Waals surface area contributed by atoms with Crippen LogP contribution in [0.2, 0.25) is 10.0 Å². The molecule has 0 radical (unpaired) electrons. The highest BCUT2D eigenvalue weighted by molar-refractivity contribution is 7.08. The molecule has 18 heavy (non-hydrogen) atoms. The summed E-state index contributed by atoms with van der Waals surface area (Å²) in [5, 5.41) is 8.48. The zero-order valence-electron chi connectivity index (χ0n) is 9.06. The molecular formula is C12H8Cl2N2OS. The topological polar surface area (TPSA) is 41.5 Å². The molecule has 0 aliphatic rings. The van der Waals surface area contributed by atoms with Crippen molar-refractivity contribution in [1.29, 1.82) is 0 Å². The summed E-state index contributed by atoms with van der Waals surface area (Å²) in [5.41, 5.74) is 3.67. The molecule has 1 heterocycles. The van der Waals surface area contributed by atoms with E-state index in [9.17, 15) is 4.79 Å². The summed E-state index contributed by atoms with van der Waals surface area (Å²) in [6.45, 7) is 0. The van der Waals surface area contributed by atoms with Gasteiger partial charge in [0.1, 0.15) is 0 Å². The van der Waals surface area contributed by atoms with E-state index >= 15 is 0 Å². The maximum atomic E-state index is 11.8. The van der Waals surface area contributed by atoms with Gasteiger partial charge < -0.3 is 0 Å². The van der Waals surface area contributed by atoms with Crippen LogP contribution >= 0.6 is 34.5 Å². The smallest absolute Gasteiger partial charge is 0.267 e.